The standard InChI is InChI=1S/C15H19NO3/c1-3-5-6-7-9-15-17-11-14(8-4-2,12-18-15)13(10-16)19-15/h1,5-6,13H,4,7-9,11-12H2,2H3. The van der Waals surface area contributed by atoms with Gasteiger partial charge in [-0.1, -0.05) is 25.3 Å². The molecule has 3 aliphatic heterocycles. The highest BCUT2D eigenvalue weighted by Crippen LogP contribution is 2.47. The smallest absolute Gasteiger partial charge is 0.284 e. The summed E-state index contributed by atoms with van der Waals surface area (Å²) in [5, 5.41) is 9.30. The highest BCUT2D eigenvalue weighted by Gasteiger charge is 2.57. The lowest BCUT2D eigenvalue weighted by Crippen LogP contribution is -2.64. The fourth-order valence-electron chi connectivity index (χ4n) is 2.67. The van der Waals surface area contributed by atoms with Crippen LogP contribution in [-0.4, -0.2) is 25.3 Å². The molecule has 4 heteroatoms. The van der Waals surface area contributed by atoms with Gasteiger partial charge in [0.15, 0.2) is 6.10 Å². The van der Waals surface area contributed by atoms with Gasteiger partial charge in [-0.3, -0.25) is 0 Å². The number of fused-ring (bicyclic) bond motifs is 3. The molecule has 3 fully saturated rings. The molecule has 19 heavy (non-hydrogen) atoms. The average molecular weight is 261 g/mol. The van der Waals surface area contributed by atoms with E-state index in [4.69, 9.17) is 20.6 Å². The number of ether oxygens (including phenoxy) is 3. The Bertz CT molecular complexity index is 422. The summed E-state index contributed by atoms with van der Waals surface area (Å²) in [6, 6.07) is 2.25. The van der Waals surface area contributed by atoms with E-state index in [1.165, 1.54) is 0 Å². The minimum atomic E-state index is -1.06. The van der Waals surface area contributed by atoms with Gasteiger partial charge in [0.05, 0.1) is 24.7 Å². The number of rotatable bonds is 5. The third kappa shape index (κ3) is 2.67. The van der Waals surface area contributed by atoms with Crippen LogP contribution >= 0.6 is 0 Å². The van der Waals surface area contributed by atoms with Crippen LogP contribution in [0.4, 0.5) is 0 Å². The zero-order valence-corrected chi connectivity index (χ0v) is 11.2. The van der Waals surface area contributed by atoms with E-state index in [9.17, 15) is 5.26 Å². The first kappa shape index (κ1) is 14.1. The van der Waals surface area contributed by atoms with Crippen LogP contribution in [-0.2, 0) is 14.2 Å². The number of nitrogens with zero attached hydrogens (tertiary/aromatic N) is 1. The third-order valence-corrected chi connectivity index (χ3v) is 3.71. The number of hydrogen-bond donors (Lipinski definition) is 0. The predicted octanol–water partition coefficient (Wildman–Crippen LogP) is 2.37. The van der Waals surface area contributed by atoms with Crippen molar-refractivity contribution in [3.63, 3.8) is 0 Å². The molecule has 0 amide bonds. The maximum atomic E-state index is 9.30. The lowest BCUT2D eigenvalue weighted by atomic mass is 9.78. The average Bonchev–Trinajstić information content (AvgIpc) is 2.45. The van der Waals surface area contributed by atoms with Crippen LogP contribution in [0.3, 0.4) is 0 Å². The van der Waals surface area contributed by atoms with E-state index in [0.29, 0.717) is 26.1 Å². The highest BCUT2D eigenvalue weighted by atomic mass is 16.9. The van der Waals surface area contributed by atoms with Crippen LogP contribution in [0.25, 0.3) is 0 Å². The van der Waals surface area contributed by atoms with Crippen LogP contribution in [0.2, 0.25) is 0 Å². The largest absolute Gasteiger partial charge is 0.327 e. The normalized spacial score (nSPS) is 37.1. The number of hydrogen-bond acceptors (Lipinski definition) is 4. The topological polar surface area (TPSA) is 51.5 Å². The molecular formula is C15H19NO3. The Morgan fingerprint density at radius 1 is 1.37 bits per heavy atom. The fourth-order valence-corrected chi connectivity index (χ4v) is 2.67. The van der Waals surface area contributed by atoms with E-state index in [0.717, 1.165) is 12.8 Å². The van der Waals surface area contributed by atoms with Gasteiger partial charge in [0, 0.05) is 6.42 Å². The highest BCUT2D eigenvalue weighted by molar-refractivity contribution is 5.09. The van der Waals surface area contributed by atoms with Crippen LogP contribution < -0.4 is 0 Å². The molecular weight excluding hydrogens is 242 g/mol. The summed E-state index contributed by atoms with van der Waals surface area (Å²) in [5.74, 6) is 1.37. The van der Waals surface area contributed by atoms with Crippen LogP contribution in [0.15, 0.2) is 12.2 Å². The Hall–Kier alpha value is -1.33. The molecule has 3 rings (SSSR count). The molecule has 4 nitrogen and oxygen atoms in total. The first-order valence-corrected chi connectivity index (χ1v) is 6.67. The number of allylic oxidation sites excluding steroid dienone is 2. The summed E-state index contributed by atoms with van der Waals surface area (Å²) in [6.07, 6.45) is 11.3. The van der Waals surface area contributed by atoms with E-state index in [1.54, 1.807) is 6.08 Å². The van der Waals surface area contributed by atoms with Gasteiger partial charge in [-0.25, -0.2) is 0 Å². The van der Waals surface area contributed by atoms with E-state index >= 15 is 0 Å². The molecule has 0 radical (unpaired) electrons. The lowest BCUT2D eigenvalue weighted by molar-refractivity contribution is -0.482. The van der Waals surface area contributed by atoms with Gasteiger partial charge in [-0.2, -0.15) is 5.26 Å². The molecule has 1 atom stereocenters. The summed E-state index contributed by atoms with van der Waals surface area (Å²) in [6.45, 7) is 3.14. The van der Waals surface area contributed by atoms with Crippen molar-refractivity contribution in [1.29, 1.82) is 5.26 Å². The second-order valence-electron chi connectivity index (χ2n) is 5.11. The van der Waals surface area contributed by atoms with E-state index in [-0.39, 0.29) is 5.41 Å². The van der Waals surface area contributed by atoms with Crippen molar-refractivity contribution >= 4 is 0 Å². The molecule has 0 aliphatic carbocycles. The summed E-state index contributed by atoms with van der Waals surface area (Å²) in [4.78, 5) is 0. The zero-order chi connectivity index (χ0) is 13.8. The molecule has 2 bridgehead atoms. The van der Waals surface area contributed by atoms with Crippen LogP contribution in [0.1, 0.15) is 32.6 Å². The SMILES string of the molecule is C#CC=CCCC12OCC(CCC)(CO1)C(C#N)O2. The minimum absolute atomic E-state index is 0.306. The Kier molecular flexibility index (Phi) is 4.27. The van der Waals surface area contributed by atoms with Crippen molar-refractivity contribution in [2.45, 2.75) is 44.7 Å². The summed E-state index contributed by atoms with van der Waals surface area (Å²) in [7, 11) is 0. The maximum Gasteiger partial charge on any atom is 0.284 e. The molecule has 3 saturated heterocycles. The molecule has 0 aromatic rings. The van der Waals surface area contributed by atoms with Crippen molar-refractivity contribution in [2.24, 2.45) is 5.41 Å². The summed E-state index contributed by atoms with van der Waals surface area (Å²) < 4.78 is 17.3. The molecule has 3 heterocycles. The Balaban J connectivity index is 2.03. The Morgan fingerprint density at radius 2 is 2.11 bits per heavy atom. The first-order valence-electron chi connectivity index (χ1n) is 6.67. The second kappa shape index (κ2) is 5.75. The van der Waals surface area contributed by atoms with Gasteiger partial charge < -0.3 is 14.2 Å². The first-order chi connectivity index (χ1) is 9.20. The van der Waals surface area contributed by atoms with Crippen molar-refractivity contribution < 1.29 is 14.2 Å². The second-order valence-corrected chi connectivity index (χ2v) is 5.11. The van der Waals surface area contributed by atoms with E-state index < -0.39 is 12.1 Å². The van der Waals surface area contributed by atoms with Crippen LogP contribution in [0.5, 0.6) is 0 Å². The van der Waals surface area contributed by atoms with Crippen molar-refractivity contribution in [3.05, 3.63) is 12.2 Å². The molecule has 102 valence electrons. The molecule has 0 N–H and O–H groups in total. The summed E-state index contributed by atoms with van der Waals surface area (Å²) >= 11 is 0. The molecule has 0 saturated carbocycles. The fraction of sp³-hybridized carbons (Fsp3) is 0.667. The van der Waals surface area contributed by atoms with Crippen molar-refractivity contribution in [2.75, 3.05) is 13.2 Å². The van der Waals surface area contributed by atoms with Crippen molar-refractivity contribution in [1.82, 2.24) is 0 Å². The van der Waals surface area contributed by atoms with Crippen molar-refractivity contribution in [3.8, 4) is 18.4 Å². The van der Waals surface area contributed by atoms with Gasteiger partial charge in [0.2, 0.25) is 0 Å². The maximum absolute atomic E-state index is 9.30. The molecule has 3 aliphatic rings. The Morgan fingerprint density at radius 3 is 2.68 bits per heavy atom. The molecule has 0 aromatic carbocycles. The molecule has 1 unspecified atom stereocenters. The van der Waals surface area contributed by atoms with Gasteiger partial charge in [0.1, 0.15) is 0 Å². The quantitative estimate of drug-likeness (QED) is 0.713. The van der Waals surface area contributed by atoms with E-state index in [1.807, 2.05) is 6.08 Å². The Labute approximate surface area is 114 Å². The molecule has 0 aromatic heterocycles. The predicted molar refractivity (Wildman–Crippen MR) is 69.7 cm³/mol. The van der Waals surface area contributed by atoms with Gasteiger partial charge in [-0.05, 0) is 18.9 Å². The number of nitriles is 1. The lowest BCUT2D eigenvalue weighted by Gasteiger charge is -2.54. The minimum Gasteiger partial charge on any atom is -0.327 e. The van der Waals surface area contributed by atoms with Gasteiger partial charge >= 0.3 is 0 Å². The third-order valence-electron chi connectivity index (χ3n) is 3.71. The van der Waals surface area contributed by atoms with E-state index in [2.05, 4.69) is 18.9 Å². The van der Waals surface area contributed by atoms with Gasteiger partial charge in [-0.15, -0.1) is 6.42 Å². The van der Waals surface area contributed by atoms with Crippen LogP contribution in [0, 0.1) is 29.1 Å². The number of terminal acetylenes is 1. The van der Waals surface area contributed by atoms with Gasteiger partial charge in [0.25, 0.3) is 5.97 Å². The summed E-state index contributed by atoms with van der Waals surface area (Å²) in [5.41, 5.74) is -0.306. The zero-order valence-electron chi connectivity index (χ0n) is 11.2. The molecule has 0 spiro atoms. The monoisotopic (exact) mass is 261 g/mol.